The van der Waals surface area contributed by atoms with Crippen molar-refractivity contribution >= 4 is 27.0 Å². The van der Waals surface area contributed by atoms with Gasteiger partial charge in [-0.2, -0.15) is 17.5 Å². The largest absolute Gasteiger partial charge is 0.490 e. The first-order valence-corrected chi connectivity index (χ1v) is 12.9. The minimum absolute atomic E-state index is 0.337. The normalized spacial score (nSPS) is 14.2. The molecule has 0 saturated carbocycles. The number of carboxylic acids is 1. The van der Waals surface area contributed by atoms with Crippen LogP contribution in [0, 0.1) is 0 Å². The Morgan fingerprint density at radius 1 is 1.03 bits per heavy atom. The van der Waals surface area contributed by atoms with Crippen molar-refractivity contribution in [3.63, 3.8) is 0 Å². The number of rotatable bonds is 6. The van der Waals surface area contributed by atoms with E-state index < -0.39 is 22.2 Å². The van der Waals surface area contributed by atoms with Crippen LogP contribution in [0.1, 0.15) is 18.5 Å². The molecule has 2 N–H and O–H groups in total. The zero-order chi connectivity index (χ0) is 27.3. The van der Waals surface area contributed by atoms with Crippen LogP contribution >= 0.6 is 0 Å². The monoisotopic (exact) mass is 548 g/mol. The highest BCUT2D eigenvalue weighted by molar-refractivity contribution is 7.89. The summed E-state index contributed by atoms with van der Waals surface area (Å²) in [4.78, 5) is 20.9. The number of hydrogen-bond donors (Lipinski definition) is 2. The number of benzene rings is 1. The zero-order valence-electron chi connectivity index (χ0n) is 19.9. The van der Waals surface area contributed by atoms with Gasteiger partial charge in [-0.3, -0.25) is 4.98 Å². The Balaban J connectivity index is 0.000000426. The fraction of sp³-hybridized carbons (Fsp3) is 0.240. The predicted octanol–water partition coefficient (Wildman–Crippen LogP) is 4.62. The number of H-pyrrole nitrogens is 1. The SMILES string of the molecule is O=C(O)C(F)(F)F.O=S(=O)(c1ccc(-c2ccnc3[nH]c(COc4ccncc4)cc23)cc1)N1CCCC1. The van der Waals surface area contributed by atoms with Crippen LogP contribution in [0.2, 0.25) is 0 Å². The number of hydrogen-bond acceptors (Lipinski definition) is 6. The van der Waals surface area contributed by atoms with Crippen molar-refractivity contribution in [3.05, 3.63) is 72.8 Å². The minimum atomic E-state index is -5.08. The van der Waals surface area contributed by atoms with Crippen LogP contribution in [0.3, 0.4) is 0 Å². The number of aromatic amines is 1. The van der Waals surface area contributed by atoms with Gasteiger partial charge < -0.3 is 14.8 Å². The molecule has 9 nitrogen and oxygen atoms in total. The summed E-state index contributed by atoms with van der Waals surface area (Å²) in [5.41, 5.74) is 3.59. The molecule has 5 rings (SSSR count). The highest BCUT2D eigenvalue weighted by atomic mass is 32.2. The number of nitrogens with one attached hydrogen (secondary N) is 1. The number of fused-ring (bicyclic) bond motifs is 1. The van der Waals surface area contributed by atoms with Gasteiger partial charge in [-0.1, -0.05) is 12.1 Å². The number of aliphatic carboxylic acids is 1. The van der Waals surface area contributed by atoms with Gasteiger partial charge in [0.05, 0.1) is 10.6 Å². The number of halogens is 3. The van der Waals surface area contributed by atoms with Gasteiger partial charge in [-0.15, -0.1) is 0 Å². The number of ether oxygens (including phenoxy) is 1. The Labute approximate surface area is 216 Å². The molecule has 38 heavy (non-hydrogen) atoms. The van der Waals surface area contributed by atoms with Gasteiger partial charge in [0.1, 0.15) is 18.0 Å². The second-order valence-corrected chi connectivity index (χ2v) is 10.3. The molecule has 0 spiro atoms. The van der Waals surface area contributed by atoms with Gasteiger partial charge in [0.2, 0.25) is 10.0 Å². The summed E-state index contributed by atoms with van der Waals surface area (Å²) in [7, 11) is -3.42. The second-order valence-electron chi connectivity index (χ2n) is 8.33. The van der Waals surface area contributed by atoms with Crippen molar-refractivity contribution in [1.82, 2.24) is 19.3 Å². The van der Waals surface area contributed by atoms with E-state index in [1.54, 1.807) is 35.0 Å². The average molecular weight is 549 g/mol. The first-order chi connectivity index (χ1) is 18.1. The van der Waals surface area contributed by atoms with Crippen LogP contribution in [-0.2, 0) is 21.4 Å². The van der Waals surface area contributed by atoms with Gasteiger partial charge in [0, 0.05) is 37.1 Å². The zero-order valence-corrected chi connectivity index (χ0v) is 20.7. The summed E-state index contributed by atoms with van der Waals surface area (Å²) in [6, 6.07) is 14.7. The number of nitrogens with zero attached hydrogens (tertiary/aromatic N) is 3. The van der Waals surface area contributed by atoms with E-state index in [1.807, 2.05) is 36.4 Å². The van der Waals surface area contributed by atoms with E-state index in [-0.39, 0.29) is 0 Å². The molecule has 1 saturated heterocycles. The standard InChI is InChI=1S/C23H22N4O3S.C2HF3O2/c28-31(29,27-13-1-2-14-27)20-5-3-17(4-6-20)21-9-12-25-23-22(21)15-18(26-23)16-30-19-7-10-24-11-8-19;3-2(4,5)1(6)7/h3-12,15H,1-2,13-14,16H2,(H,25,26);(H,6,7). The van der Waals surface area contributed by atoms with Gasteiger partial charge in [0.15, 0.2) is 0 Å². The summed E-state index contributed by atoms with van der Waals surface area (Å²) in [6.45, 7) is 1.58. The number of sulfonamides is 1. The molecule has 1 aromatic carbocycles. The minimum Gasteiger partial charge on any atom is -0.487 e. The van der Waals surface area contributed by atoms with Crippen LogP contribution < -0.4 is 4.74 Å². The second kappa shape index (κ2) is 11.2. The molecule has 4 aromatic rings. The smallest absolute Gasteiger partial charge is 0.487 e. The van der Waals surface area contributed by atoms with E-state index in [4.69, 9.17) is 14.6 Å². The number of pyridine rings is 2. The summed E-state index contributed by atoms with van der Waals surface area (Å²) in [5, 5.41) is 8.09. The Morgan fingerprint density at radius 3 is 2.26 bits per heavy atom. The van der Waals surface area contributed by atoms with Crippen LogP contribution in [-0.4, -0.2) is 58.0 Å². The third kappa shape index (κ3) is 6.29. The molecular weight excluding hydrogens is 525 g/mol. The maximum absolute atomic E-state index is 12.8. The van der Waals surface area contributed by atoms with Crippen molar-refractivity contribution in [1.29, 1.82) is 0 Å². The van der Waals surface area contributed by atoms with Crippen molar-refractivity contribution in [3.8, 4) is 16.9 Å². The van der Waals surface area contributed by atoms with Crippen molar-refractivity contribution in [2.75, 3.05) is 13.1 Å². The summed E-state index contributed by atoms with van der Waals surface area (Å²) in [5.74, 6) is -2.01. The molecule has 0 atom stereocenters. The Bertz CT molecular complexity index is 1500. The number of carbonyl (C=O) groups is 1. The molecular formula is C25H23F3N4O5S. The summed E-state index contributed by atoms with van der Waals surface area (Å²) >= 11 is 0. The molecule has 1 fully saturated rings. The molecule has 0 unspecified atom stereocenters. The highest BCUT2D eigenvalue weighted by Gasteiger charge is 2.38. The third-order valence-electron chi connectivity index (χ3n) is 5.74. The lowest BCUT2D eigenvalue weighted by molar-refractivity contribution is -0.192. The van der Waals surface area contributed by atoms with Crippen LogP contribution in [0.4, 0.5) is 13.2 Å². The van der Waals surface area contributed by atoms with Crippen LogP contribution in [0.15, 0.2) is 72.0 Å². The summed E-state index contributed by atoms with van der Waals surface area (Å²) < 4.78 is 64.7. The van der Waals surface area contributed by atoms with Crippen LogP contribution in [0.5, 0.6) is 5.75 Å². The first kappa shape index (κ1) is 27.1. The molecule has 13 heteroatoms. The lowest BCUT2D eigenvalue weighted by atomic mass is 10.0. The number of aromatic nitrogens is 3. The van der Waals surface area contributed by atoms with Crippen LogP contribution in [0.25, 0.3) is 22.2 Å². The lowest BCUT2D eigenvalue weighted by Gasteiger charge is -2.15. The molecule has 1 aliphatic heterocycles. The highest BCUT2D eigenvalue weighted by Crippen LogP contribution is 2.30. The van der Waals surface area contributed by atoms with E-state index in [0.717, 1.165) is 46.4 Å². The van der Waals surface area contributed by atoms with E-state index >= 15 is 0 Å². The predicted molar refractivity (Wildman–Crippen MR) is 132 cm³/mol. The Morgan fingerprint density at radius 2 is 1.66 bits per heavy atom. The first-order valence-electron chi connectivity index (χ1n) is 11.5. The average Bonchev–Trinajstić information content (AvgIpc) is 3.58. The summed E-state index contributed by atoms with van der Waals surface area (Å²) in [6.07, 6.45) is 1.89. The van der Waals surface area contributed by atoms with E-state index in [9.17, 15) is 21.6 Å². The fourth-order valence-corrected chi connectivity index (χ4v) is 5.41. The molecule has 1 aliphatic rings. The molecule has 0 bridgehead atoms. The molecule has 0 radical (unpaired) electrons. The maximum atomic E-state index is 12.8. The molecule has 0 aliphatic carbocycles. The van der Waals surface area contributed by atoms with Crippen molar-refractivity contribution in [2.24, 2.45) is 0 Å². The quantitative estimate of drug-likeness (QED) is 0.360. The topological polar surface area (TPSA) is 125 Å². The molecule has 4 heterocycles. The van der Waals surface area contributed by atoms with E-state index in [1.165, 1.54) is 0 Å². The maximum Gasteiger partial charge on any atom is 0.490 e. The van der Waals surface area contributed by atoms with Gasteiger partial charge in [0.25, 0.3) is 0 Å². The molecule has 3 aromatic heterocycles. The van der Waals surface area contributed by atoms with Crippen molar-refractivity contribution in [2.45, 2.75) is 30.5 Å². The molecule has 200 valence electrons. The van der Waals surface area contributed by atoms with Gasteiger partial charge in [-0.05, 0) is 60.4 Å². The van der Waals surface area contributed by atoms with E-state index in [2.05, 4.69) is 15.0 Å². The van der Waals surface area contributed by atoms with Gasteiger partial charge in [-0.25, -0.2) is 18.2 Å². The fourth-order valence-electron chi connectivity index (χ4n) is 3.89. The number of carboxylic acid groups (broad SMARTS) is 1. The Hall–Kier alpha value is -3.97. The lowest BCUT2D eigenvalue weighted by Crippen LogP contribution is -2.27. The van der Waals surface area contributed by atoms with Crippen molar-refractivity contribution < 1.29 is 36.2 Å². The molecule has 0 amide bonds. The Kier molecular flexibility index (Phi) is 7.97. The third-order valence-corrected chi connectivity index (χ3v) is 7.66. The number of alkyl halides is 3. The van der Waals surface area contributed by atoms with Gasteiger partial charge >= 0.3 is 12.1 Å². The van der Waals surface area contributed by atoms with E-state index in [0.29, 0.717) is 24.6 Å².